The molecule has 0 aromatic rings. The first-order chi connectivity index (χ1) is 12.3. The molecule has 3 aliphatic rings. The zero-order chi connectivity index (χ0) is 19.2. The van der Waals surface area contributed by atoms with E-state index in [2.05, 4.69) is 0 Å². The molecule has 6 N–H and O–H groups in total. The van der Waals surface area contributed by atoms with Gasteiger partial charge in [0.05, 0.1) is 24.5 Å². The Bertz CT molecular complexity index is 563. The van der Waals surface area contributed by atoms with Crippen molar-refractivity contribution in [3.63, 3.8) is 0 Å². The van der Waals surface area contributed by atoms with Gasteiger partial charge in [0.25, 0.3) is 0 Å². The minimum absolute atomic E-state index is 0.0343. The van der Waals surface area contributed by atoms with Crippen LogP contribution in [0.4, 0.5) is 0 Å². The summed E-state index contributed by atoms with van der Waals surface area (Å²) < 4.78 is 16.3. The first-order valence-corrected chi connectivity index (χ1v) is 8.49. The normalized spacial score (nSPS) is 48.5. The van der Waals surface area contributed by atoms with Crippen LogP contribution in [0.15, 0.2) is 11.8 Å². The van der Waals surface area contributed by atoms with E-state index in [9.17, 15) is 35.4 Å². The molecule has 0 aromatic heterocycles. The van der Waals surface area contributed by atoms with Crippen LogP contribution < -0.4 is 0 Å². The van der Waals surface area contributed by atoms with E-state index in [0.29, 0.717) is 0 Å². The number of carbonyl (C=O) groups is 1. The maximum Gasteiger partial charge on any atom is 0.334 e. The summed E-state index contributed by atoms with van der Waals surface area (Å²) in [6.07, 6.45) is -7.71. The fourth-order valence-corrected chi connectivity index (χ4v) is 3.99. The van der Waals surface area contributed by atoms with E-state index < -0.39 is 67.5 Å². The Morgan fingerprint density at radius 1 is 1.19 bits per heavy atom. The summed E-state index contributed by atoms with van der Waals surface area (Å²) in [5.41, 5.74) is 0.0343. The number of carboxylic acid groups (broad SMARTS) is 1. The van der Waals surface area contributed by atoms with Gasteiger partial charge < -0.3 is 44.8 Å². The highest BCUT2D eigenvalue weighted by molar-refractivity contribution is 5.87. The van der Waals surface area contributed by atoms with Crippen LogP contribution in [-0.2, 0) is 19.0 Å². The third-order valence-electron chi connectivity index (χ3n) is 5.58. The maximum absolute atomic E-state index is 11.4. The standard InChI is InChI=1S/C16H24O10/c1-5-8(18)2-6-7(14(22)23)4-24-15(10(5)6)26-16-13(21)12(20)11(19)9(3-17)25-16/h4-6,8-13,15-21H,2-3H2,1H3,(H,22,23)/t5-,6-,8+,9-,10-,11-,12+,13-,15+,16-/m1/s1. The molecule has 0 unspecified atom stereocenters. The number of aliphatic carboxylic acids is 1. The molecule has 2 fully saturated rings. The van der Waals surface area contributed by atoms with Crippen molar-refractivity contribution in [2.75, 3.05) is 6.61 Å². The van der Waals surface area contributed by atoms with Gasteiger partial charge in [-0.05, 0) is 12.3 Å². The topological polar surface area (TPSA) is 166 Å². The maximum atomic E-state index is 11.4. The van der Waals surface area contributed by atoms with E-state index in [1.165, 1.54) is 0 Å². The second-order valence-corrected chi connectivity index (χ2v) is 7.06. The first-order valence-electron chi connectivity index (χ1n) is 8.49. The smallest absolute Gasteiger partial charge is 0.334 e. The number of hydrogen-bond acceptors (Lipinski definition) is 9. The van der Waals surface area contributed by atoms with Gasteiger partial charge in [0.1, 0.15) is 24.4 Å². The van der Waals surface area contributed by atoms with Crippen LogP contribution >= 0.6 is 0 Å². The molecule has 10 heteroatoms. The van der Waals surface area contributed by atoms with Crippen LogP contribution in [0.3, 0.4) is 0 Å². The third kappa shape index (κ3) is 3.22. The van der Waals surface area contributed by atoms with Gasteiger partial charge in [-0.2, -0.15) is 0 Å². The van der Waals surface area contributed by atoms with Gasteiger partial charge >= 0.3 is 5.97 Å². The fraction of sp³-hybridized carbons (Fsp3) is 0.812. The van der Waals surface area contributed by atoms with Crippen LogP contribution in [-0.4, -0.2) is 86.3 Å². The molecule has 0 bridgehead atoms. The predicted octanol–water partition coefficient (Wildman–Crippen LogP) is -2.24. The molecule has 0 spiro atoms. The zero-order valence-corrected chi connectivity index (χ0v) is 14.1. The van der Waals surface area contributed by atoms with Crippen molar-refractivity contribution in [3.05, 3.63) is 11.8 Å². The van der Waals surface area contributed by atoms with Crippen molar-refractivity contribution in [1.29, 1.82) is 0 Å². The van der Waals surface area contributed by atoms with Crippen molar-refractivity contribution < 1.29 is 49.6 Å². The number of aliphatic hydroxyl groups excluding tert-OH is 5. The summed E-state index contributed by atoms with van der Waals surface area (Å²) in [6.45, 7) is 1.15. The SMILES string of the molecule is C[C@H]1[C@H]2[C@H](O[C@H]3O[C@H](CO)[C@@H](O)[C@H](O)[C@H]3O)OC=C(C(=O)O)[C@H]2C[C@@H]1O. The number of aliphatic hydroxyl groups is 5. The second kappa shape index (κ2) is 7.39. The second-order valence-electron chi connectivity index (χ2n) is 7.06. The van der Waals surface area contributed by atoms with E-state index in [-0.39, 0.29) is 17.9 Å². The van der Waals surface area contributed by atoms with Crippen molar-refractivity contribution >= 4 is 5.97 Å². The average Bonchev–Trinajstić information content (AvgIpc) is 2.90. The molecule has 2 heterocycles. The summed E-state index contributed by atoms with van der Waals surface area (Å²) in [5, 5.41) is 58.5. The van der Waals surface area contributed by atoms with Crippen LogP contribution in [0.5, 0.6) is 0 Å². The van der Waals surface area contributed by atoms with Gasteiger partial charge in [0.15, 0.2) is 6.29 Å². The Balaban J connectivity index is 1.79. The van der Waals surface area contributed by atoms with Crippen molar-refractivity contribution in [3.8, 4) is 0 Å². The lowest BCUT2D eigenvalue weighted by molar-refractivity contribution is -0.342. The average molecular weight is 376 g/mol. The Kier molecular flexibility index (Phi) is 5.54. The molecule has 10 atom stereocenters. The Morgan fingerprint density at radius 2 is 1.88 bits per heavy atom. The highest BCUT2D eigenvalue weighted by atomic mass is 16.8. The molecule has 3 rings (SSSR count). The summed E-state index contributed by atoms with van der Waals surface area (Å²) in [6, 6.07) is 0. The molecule has 26 heavy (non-hydrogen) atoms. The van der Waals surface area contributed by atoms with E-state index in [4.69, 9.17) is 14.2 Å². The van der Waals surface area contributed by atoms with Gasteiger partial charge in [0, 0.05) is 11.8 Å². The van der Waals surface area contributed by atoms with Crippen LogP contribution in [0.1, 0.15) is 13.3 Å². The van der Waals surface area contributed by atoms with Gasteiger partial charge in [-0.1, -0.05) is 6.92 Å². The van der Waals surface area contributed by atoms with E-state index in [1.807, 2.05) is 0 Å². The van der Waals surface area contributed by atoms with Crippen molar-refractivity contribution in [2.45, 2.75) is 56.4 Å². The van der Waals surface area contributed by atoms with Crippen LogP contribution in [0.2, 0.25) is 0 Å². The number of hydrogen-bond donors (Lipinski definition) is 6. The zero-order valence-electron chi connectivity index (χ0n) is 14.1. The highest BCUT2D eigenvalue weighted by Crippen LogP contribution is 2.47. The highest BCUT2D eigenvalue weighted by Gasteiger charge is 2.53. The van der Waals surface area contributed by atoms with Crippen molar-refractivity contribution in [1.82, 2.24) is 0 Å². The minimum Gasteiger partial charge on any atom is -0.478 e. The number of rotatable bonds is 4. The molecule has 1 saturated heterocycles. The number of fused-ring (bicyclic) bond motifs is 1. The lowest BCUT2D eigenvalue weighted by atomic mass is 9.83. The monoisotopic (exact) mass is 376 g/mol. The molecular weight excluding hydrogens is 352 g/mol. The Morgan fingerprint density at radius 3 is 2.50 bits per heavy atom. The molecular formula is C16H24O10. The number of carboxylic acids is 1. The predicted molar refractivity (Wildman–Crippen MR) is 82.2 cm³/mol. The number of ether oxygens (including phenoxy) is 3. The van der Waals surface area contributed by atoms with Gasteiger partial charge in [0.2, 0.25) is 6.29 Å². The molecule has 0 amide bonds. The fourth-order valence-electron chi connectivity index (χ4n) is 3.99. The lowest BCUT2D eigenvalue weighted by Crippen LogP contribution is -2.60. The molecule has 0 radical (unpaired) electrons. The largest absolute Gasteiger partial charge is 0.478 e. The molecule has 2 aliphatic heterocycles. The Hall–Kier alpha value is -1.27. The van der Waals surface area contributed by atoms with E-state index in [0.717, 1.165) is 6.26 Å². The summed E-state index contributed by atoms with van der Waals surface area (Å²) in [5.74, 6) is -2.49. The quantitative estimate of drug-likeness (QED) is 0.316. The first kappa shape index (κ1) is 19.5. The summed E-state index contributed by atoms with van der Waals surface area (Å²) >= 11 is 0. The molecule has 148 valence electrons. The van der Waals surface area contributed by atoms with E-state index in [1.54, 1.807) is 6.92 Å². The van der Waals surface area contributed by atoms with Gasteiger partial charge in [-0.15, -0.1) is 0 Å². The van der Waals surface area contributed by atoms with Gasteiger partial charge in [-0.3, -0.25) is 0 Å². The lowest BCUT2D eigenvalue weighted by Gasteiger charge is -2.43. The van der Waals surface area contributed by atoms with Crippen molar-refractivity contribution in [2.24, 2.45) is 17.8 Å². The van der Waals surface area contributed by atoms with Crippen LogP contribution in [0.25, 0.3) is 0 Å². The minimum atomic E-state index is -1.60. The van der Waals surface area contributed by atoms with Crippen LogP contribution in [0, 0.1) is 17.8 Å². The Labute approximate surface area is 149 Å². The molecule has 10 nitrogen and oxygen atoms in total. The van der Waals surface area contributed by atoms with E-state index >= 15 is 0 Å². The molecule has 1 aliphatic carbocycles. The molecule has 0 aromatic carbocycles. The summed E-state index contributed by atoms with van der Waals surface area (Å²) in [4.78, 5) is 11.4. The third-order valence-corrected chi connectivity index (χ3v) is 5.58. The molecule has 1 saturated carbocycles. The van der Waals surface area contributed by atoms with Gasteiger partial charge in [-0.25, -0.2) is 4.79 Å². The summed E-state index contributed by atoms with van der Waals surface area (Å²) in [7, 11) is 0.